The summed E-state index contributed by atoms with van der Waals surface area (Å²) in [7, 11) is 0. The summed E-state index contributed by atoms with van der Waals surface area (Å²) in [6.45, 7) is 8.83. The lowest BCUT2D eigenvalue weighted by atomic mass is 9.90. The summed E-state index contributed by atoms with van der Waals surface area (Å²) < 4.78 is 11.6. The first-order valence-corrected chi connectivity index (χ1v) is 11.1. The molecule has 4 rings (SSSR count). The minimum Gasteiger partial charge on any atom is -0.423 e. The summed E-state index contributed by atoms with van der Waals surface area (Å²) >= 11 is 0. The molecule has 0 saturated heterocycles. The zero-order valence-corrected chi connectivity index (χ0v) is 19.4. The van der Waals surface area contributed by atoms with Gasteiger partial charge in [0.1, 0.15) is 5.75 Å². The smallest absolute Gasteiger partial charge is 0.338 e. The Morgan fingerprint density at radius 3 is 1.80 bits per heavy atom. The van der Waals surface area contributed by atoms with Gasteiger partial charge in [-0.15, -0.1) is 0 Å². The van der Waals surface area contributed by atoms with E-state index in [9.17, 15) is 9.59 Å². The lowest BCUT2D eigenvalue weighted by Crippen LogP contribution is -2.12. The Labute approximate surface area is 204 Å². The van der Waals surface area contributed by atoms with E-state index in [1.54, 1.807) is 19.1 Å². The molecular formula is C31H24O4. The van der Waals surface area contributed by atoms with Gasteiger partial charge in [0.25, 0.3) is 0 Å². The van der Waals surface area contributed by atoms with Crippen molar-refractivity contribution >= 4 is 11.9 Å². The average Bonchev–Trinajstić information content (AvgIpc) is 2.89. The molecule has 0 heterocycles. The number of rotatable bonds is 7. The van der Waals surface area contributed by atoms with Crippen LogP contribution in [-0.4, -0.2) is 11.9 Å². The standard InChI is InChI=1S/C31H24O4/c1-4-28(32)34-27-20-19-25(23-15-9-6-10-16-23)30(35-31(33)21(2)3)29(27)26-18-12-11-17-24(26)22-13-7-5-8-14-22/h4-20H,1-2H2,3H3. The molecule has 0 fully saturated rings. The second-order valence-electron chi connectivity index (χ2n) is 7.89. The van der Waals surface area contributed by atoms with E-state index in [0.29, 0.717) is 11.1 Å². The van der Waals surface area contributed by atoms with Gasteiger partial charge in [-0.1, -0.05) is 98.1 Å². The van der Waals surface area contributed by atoms with Crippen LogP contribution in [0.2, 0.25) is 0 Å². The monoisotopic (exact) mass is 460 g/mol. The Morgan fingerprint density at radius 2 is 1.23 bits per heavy atom. The molecule has 0 atom stereocenters. The Kier molecular flexibility index (Phi) is 7.03. The molecule has 4 heteroatoms. The van der Waals surface area contributed by atoms with Crippen LogP contribution in [0, 0.1) is 0 Å². The molecule has 0 bridgehead atoms. The molecule has 4 nitrogen and oxygen atoms in total. The van der Waals surface area contributed by atoms with E-state index in [0.717, 1.165) is 28.3 Å². The number of esters is 2. The van der Waals surface area contributed by atoms with E-state index in [-0.39, 0.29) is 17.1 Å². The number of ether oxygens (including phenoxy) is 2. The van der Waals surface area contributed by atoms with Crippen LogP contribution in [0.1, 0.15) is 6.92 Å². The van der Waals surface area contributed by atoms with Crippen molar-refractivity contribution in [2.24, 2.45) is 0 Å². The van der Waals surface area contributed by atoms with Crippen molar-refractivity contribution in [2.45, 2.75) is 6.92 Å². The zero-order valence-electron chi connectivity index (χ0n) is 19.4. The van der Waals surface area contributed by atoms with Crippen LogP contribution < -0.4 is 9.47 Å². The molecule has 4 aromatic rings. The lowest BCUT2D eigenvalue weighted by molar-refractivity contribution is -0.130. The van der Waals surface area contributed by atoms with E-state index >= 15 is 0 Å². The van der Waals surface area contributed by atoms with Gasteiger partial charge in [-0.05, 0) is 41.3 Å². The van der Waals surface area contributed by atoms with Gasteiger partial charge >= 0.3 is 11.9 Å². The molecule has 35 heavy (non-hydrogen) atoms. The molecule has 0 aliphatic heterocycles. The van der Waals surface area contributed by atoms with Crippen molar-refractivity contribution < 1.29 is 19.1 Å². The fourth-order valence-electron chi connectivity index (χ4n) is 3.76. The van der Waals surface area contributed by atoms with E-state index in [1.165, 1.54) is 0 Å². The first kappa shape index (κ1) is 23.5. The zero-order chi connectivity index (χ0) is 24.8. The molecule has 0 saturated carbocycles. The number of hydrogen-bond acceptors (Lipinski definition) is 4. The van der Waals surface area contributed by atoms with Crippen LogP contribution in [-0.2, 0) is 9.59 Å². The highest BCUT2D eigenvalue weighted by Crippen LogP contribution is 2.48. The van der Waals surface area contributed by atoms with Crippen molar-refractivity contribution in [1.82, 2.24) is 0 Å². The molecule has 0 amide bonds. The predicted octanol–water partition coefficient (Wildman–Crippen LogP) is 7.26. The predicted molar refractivity (Wildman–Crippen MR) is 139 cm³/mol. The molecule has 0 aliphatic rings. The van der Waals surface area contributed by atoms with Gasteiger partial charge in [0.05, 0.1) is 5.56 Å². The molecule has 172 valence electrons. The first-order valence-electron chi connectivity index (χ1n) is 11.1. The molecule has 0 aromatic heterocycles. The summed E-state index contributed by atoms with van der Waals surface area (Å²) in [4.78, 5) is 25.0. The van der Waals surface area contributed by atoms with Gasteiger partial charge in [-0.3, -0.25) is 0 Å². The molecule has 4 aromatic carbocycles. The van der Waals surface area contributed by atoms with Crippen LogP contribution in [0.4, 0.5) is 0 Å². The summed E-state index contributed by atoms with van der Waals surface area (Å²) in [5, 5.41) is 0. The normalized spacial score (nSPS) is 10.3. The van der Waals surface area contributed by atoms with Gasteiger partial charge in [-0.25, -0.2) is 9.59 Å². The molecule has 0 radical (unpaired) electrons. The second kappa shape index (κ2) is 10.5. The van der Waals surface area contributed by atoms with Gasteiger partial charge in [-0.2, -0.15) is 0 Å². The maximum Gasteiger partial charge on any atom is 0.338 e. The lowest BCUT2D eigenvalue weighted by Gasteiger charge is -2.20. The summed E-state index contributed by atoms with van der Waals surface area (Å²) in [6, 6.07) is 30.6. The maximum atomic E-state index is 12.8. The SMILES string of the molecule is C=CC(=O)Oc1ccc(-c2ccccc2)c(OC(=O)C(=C)C)c1-c1ccccc1-c1ccccc1. The largest absolute Gasteiger partial charge is 0.423 e. The molecule has 0 unspecified atom stereocenters. The Balaban J connectivity index is 2.07. The minimum absolute atomic E-state index is 0.250. The average molecular weight is 461 g/mol. The van der Waals surface area contributed by atoms with Crippen LogP contribution in [0.15, 0.2) is 122 Å². The Morgan fingerprint density at radius 1 is 0.686 bits per heavy atom. The van der Waals surface area contributed by atoms with Crippen LogP contribution in [0.5, 0.6) is 11.5 Å². The number of hydrogen-bond donors (Lipinski definition) is 0. The van der Waals surface area contributed by atoms with Crippen LogP contribution >= 0.6 is 0 Å². The summed E-state index contributed by atoms with van der Waals surface area (Å²) in [5.74, 6) is -0.662. The van der Waals surface area contributed by atoms with Gasteiger partial charge in [0.15, 0.2) is 5.75 Å². The Bertz CT molecular complexity index is 1400. The second-order valence-corrected chi connectivity index (χ2v) is 7.89. The quantitative estimate of drug-likeness (QED) is 0.165. The molecule has 0 aliphatic carbocycles. The van der Waals surface area contributed by atoms with Crippen molar-refractivity contribution in [3.63, 3.8) is 0 Å². The van der Waals surface area contributed by atoms with Crippen molar-refractivity contribution in [2.75, 3.05) is 0 Å². The number of carbonyl (C=O) groups is 2. The molecular weight excluding hydrogens is 436 g/mol. The van der Waals surface area contributed by atoms with Crippen molar-refractivity contribution in [1.29, 1.82) is 0 Å². The van der Waals surface area contributed by atoms with E-state index in [4.69, 9.17) is 9.47 Å². The highest BCUT2D eigenvalue weighted by atomic mass is 16.5. The first-order chi connectivity index (χ1) is 17.0. The molecule has 0 spiro atoms. The summed E-state index contributed by atoms with van der Waals surface area (Å²) in [5.41, 5.74) is 4.85. The number of carbonyl (C=O) groups excluding carboxylic acids is 2. The van der Waals surface area contributed by atoms with Gasteiger partial charge in [0.2, 0.25) is 0 Å². The van der Waals surface area contributed by atoms with Gasteiger partial charge in [0, 0.05) is 17.2 Å². The van der Waals surface area contributed by atoms with E-state index < -0.39 is 11.9 Å². The van der Waals surface area contributed by atoms with Crippen molar-refractivity contribution in [3.8, 4) is 44.9 Å². The maximum absolute atomic E-state index is 12.8. The van der Waals surface area contributed by atoms with Crippen LogP contribution in [0.25, 0.3) is 33.4 Å². The van der Waals surface area contributed by atoms with Crippen LogP contribution in [0.3, 0.4) is 0 Å². The fraction of sp³-hybridized carbons (Fsp3) is 0.0323. The van der Waals surface area contributed by atoms with Crippen molar-refractivity contribution in [3.05, 3.63) is 122 Å². The third kappa shape index (κ3) is 5.12. The van der Waals surface area contributed by atoms with E-state index in [2.05, 4.69) is 13.2 Å². The van der Waals surface area contributed by atoms with Gasteiger partial charge < -0.3 is 9.47 Å². The highest BCUT2D eigenvalue weighted by molar-refractivity contribution is 5.98. The van der Waals surface area contributed by atoms with E-state index in [1.807, 2.05) is 84.9 Å². The topological polar surface area (TPSA) is 52.6 Å². The highest BCUT2D eigenvalue weighted by Gasteiger charge is 2.24. The number of benzene rings is 4. The fourth-order valence-corrected chi connectivity index (χ4v) is 3.76. The summed E-state index contributed by atoms with van der Waals surface area (Å²) in [6.07, 6.45) is 1.09. The minimum atomic E-state index is -0.618. The molecule has 0 N–H and O–H groups in total. The third-order valence-electron chi connectivity index (χ3n) is 5.41. The third-order valence-corrected chi connectivity index (χ3v) is 5.41. The Hall–Kier alpha value is -4.70.